The number of nitrogens with one attached hydrogen (secondary N) is 1. The van der Waals surface area contributed by atoms with Gasteiger partial charge >= 0.3 is 0 Å². The number of hydrogen-bond acceptors (Lipinski definition) is 5. The van der Waals surface area contributed by atoms with Gasteiger partial charge in [-0.15, -0.1) is 11.3 Å². The van der Waals surface area contributed by atoms with Crippen LogP contribution in [-0.2, 0) is 21.4 Å². The summed E-state index contributed by atoms with van der Waals surface area (Å²) in [5, 5.41) is 4.74. The summed E-state index contributed by atoms with van der Waals surface area (Å²) in [6.07, 6.45) is 3.91. The second kappa shape index (κ2) is 9.81. The SMILES string of the molecule is CC1CCN(Cc2ccc(NC(=O)C3CCCN(S(=O)(=O)c4cccs4)C3)cc2)CC1. The molecule has 1 amide bonds. The van der Waals surface area contributed by atoms with Crippen molar-refractivity contribution in [2.75, 3.05) is 31.5 Å². The maximum Gasteiger partial charge on any atom is 0.252 e. The van der Waals surface area contributed by atoms with E-state index in [4.69, 9.17) is 0 Å². The second-order valence-corrected chi connectivity index (χ2v) is 11.9. The van der Waals surface area contributed by atoms with Crippen LogP contribution in [0.1, 0.15) is 38.2 Å². The van der Waals surface area contributed by atoms with E-state index >= 15 is 0 Å². The smallest absolute Gasteiger partial charge is 0.252 e. The number of carbonyl (C=O) groups excluding carboxylic acids is 1. The van der Waals surface area contributed by atoms with Crippen LogP contribution in [0.2, 0.25) is 0 Å². The molecule has 31 heavy (non-hydrogen) atoms. The molecular weight excluding hydrogens is 430 g/mol. The highest BCUT2D eigenvalue weighted by molar-refractivity contribution is 7.91. The first-order valence-electron chi connectivity index (χ1n) is 11.1. The van der Waals surface area contributed by atoms with Crippen LogP contribution in [0.4, 0.5) is 5.69 Å². The van der Waals surface area contributed by atoms with Crippen molar-refractivity contribution < 1.29 is 13.2 Å². The number of piperidine rings is 2. The molecule has 3 heterocycles. The van der Waals surface area contributed by atoms with E-state index in [9.17, 15) is 13.2 Å². The summed E-state index contributed by atoms with van der Waals surface area (Å²) < 4.78 is 27.4. The van der Waals surface area contributed by atoms with Crippen molar-refractivity contribution in [3.8, 4) is 0 Å². The zero-order valence-electron chi connectivity index (χ0n) is 18.0. The summed E-state index contributed by atoms with van der Waals surface area (Å²) in [7, 11) is -3.51. The monoisotopic (exact) mass is 461 g/mol. The van der Waals surface area contributed by atoms with Crippen LogP contribution in [0, 0.1) is 11.8 Å². The third kappa shape index (κ3) is 5.55. The quantitative estimate of drug-likeness (QED) is 0.705. The van der Waals surface area contributed by atoms with Gasteiger partial charge in [-0.3, -0.25) is 9.69 Å². The minimum Gasteiger partial charge on any atom is -0.326 e. The fourth-order valence-electron chi connectivity index (χ4n) is 4.33. The third-order valence-corrected chi connectivity index (χ3v) is 9.59. The van der Waals surface area contributed by atoms with E-state index in [0.29, 0.717) is 23.6 Å². The second-order valence-electron chi connectivity index (χ2n) is 8.78. The molecule has 2 saturated heterocycles. The number of likely N-dealkylation sites (tertiary alicyclic amines) is 1. The van der Waals surface area contributed by atoms with E-state index in [0.717, 1.165) is 31.2 Å². The lowest BCUT2D eigenvalue weighted by Crippen LogP contribution is -2.43. The lowest BCUT2D eigenvalue weighted by Gasteiger charge is -2.31. The van der Waals surface area contributed by atoms with Crippen molar-refractivity contribution in [2.24, 2.45) is 11.8 Å². The zero-order chi connectivity index (χ0) is 21.8. The van der Waals surface area contributed by atoms with Crippen LogP contribution in [0.25, 0.3) is 0 Å². The number of benzene rings is 1. The highest BCUT2D eigenvalue weighted by Crippen LogP contribution is 2.27. The van der Waals surface area contributed by atoms with Gasteiger partial charge in [0.15, 0.2) is 0 Å². The molecule has 0 aliphatic carbocycles. The molecule has 0 radical (unpaired) electrons. The normalized spacial score (nSPS) is 21.8. The molecule has 0 saturated carbocycles. The fourth-order valence-corrected chi connectivity index (χ4v) is 7.00. The summed E-state index contributed by atoms with van der Waals surface area (Å²) in [6, 6.07) is 11.4. The van der Waals surface area contributed by atoms with Crippen molar-refractivity contribution >= 4 is 33.0 Å². The average molecular weight is 462 g/mol. The minimum absolute atomic E-state index is 0.108. The third-order valence-electron chi connectivity index (χ3n) is 6.35. The van der Waals surface area contributed by atoms with E-state index in [-0.39, 0.29) is 18.4 Å². The van der Waals surface area contributed by atoms with E-state index < -0.39 is 10.0 Å². The van der Waals surface area contributed by atoms with Crippen molar-refractivity contribution in [3.63, 3.8) is 0 Å². The van der Waals surface area contributed by atoms with Crippen LogP contribution in [0.5, 0.6) is 0 Å². The molecule has 6 nitrogen and oxygen atoms in total. The van der Waals surface area contributed by atoms with Gasteiger partial charge in [0, 0.05) is 25.3 Å². The Morgan fingerprint density at radius 1 is 1.10 bits per heavy atom. The molecule has 2 fully saturated rings. The Morgan fingerprint density at radius 3 is 2.52 bits per heavy atom. The maximum absolute atomic E-state index is 12.8. The van der Waals surface area contributed by atoms with E-state index in [1.807, 2.05) is 12.1 Å². The molecule has 8 heteroatoms. The topological polar surface area (TPSA) is 69.7 Å². The predicted molar refractivity (Wildman–Crippen MR) is 125 cm³/mol. The van der Waals surface area contributed by atoms with Crippen LogP contribution in [-0.4, -0.2) is 49.7 Å². The predicted octanol–water partition coefficient (Wildman–Crippen LogP) is 4.02. The summed E-state index contributed by atoms with van der Waals surface area (Å²) in [5.74, 6) is 0.382. The van der Waals surface area contributed by atoms with Gasteiger partial charge in [-0.1, -0.05) is 25.1 Å². The molecular formula is C23H31N3O3S2. The highest BCUT2D eigenvalue weighted by atomic mass is 32.2. The fraction of sp³-hybridized carbons (Fsp3) is 0.522. The molecule has 1 aromatic carbocycles. The average Bonchev–Trinajstić information content (AvgIpc) is 3.33. The molecule has 1 atom stereocenters. The molecule has 168 valence electrons. The molecule has 0 spiro atoms. The van der Waals surface area contributed by atoms with Gasteiger partial charge < -0.3 is 5.32 Å². The summed E-state index contributed by atoms with van der Waals surface area (Å²) in [4.78, 5) is 15.3. The number of carbonyl (C=O) groups is 1. The Bertz CT molecular complexity index is 966. The summed E-state index contributed by atoms with van der Waals surface area (Å²) in [6.45, 7) is 6.25. The molecule has 1 N–H and O–H groups in total. The van der Waals surface area contributed by atoms with Crippen LogP contribution in [0.15, 0.2) is 46.0 Å². The number of anilines is 1. The van der Waals surface area contributed by atoms with Gasteiger partial charge in [0.05, 0.1) is 5.92 Å². The Balaban J connectivity index is 1.32. The minimum atomic E-state index is -3.51. The van der Waals surface area contributed by atoms with E-state index in [1.165, 1.54) is 34.0 Å². The molecule has 0 bridgehead atoms. The van der Waals surface area contributed by atoms with Gasteiger partial charge in [-0.25, -0.2) is 8.42 Å². The van der Waals surface area contributed by atoms with Crippen LogP contribution < -0.4 is 5.32 Å². The van der Waals surface area contributed by atoms with Gasteiger partial charge in [0.1, 0.15) is 4.21 Å². The lowest BCUT2D eigenvalue weighted by molar-refractivity contribution is -0.120. The summed E-state index contributed by atoms with van der Waals surface area (Å²) in [5.41, 5.74) is 2.01. The number of rotatable bonds is 6. The first-order chi connectivity index (χ1) is 14.9. The lowest BCUT2D eigenvalue weighted by atomic mass is 9.98. The first kappa shape index (κ1) is 22.5. The van der Waals surface area contributed by atoms with Gasteiger partial charge in [0.2, 0.25) is 5.91 Å². The van der Waals surface area contributed by atoms with E-state index in [2.05, 4.69) is 29.3 Å². The molecule has 4 rings (SSSR count). The Hall–Kier alpha value is -1.74. The van der Waals surface area contributed by atoms with Crippen molar-refractivity contribution in [1.29, 1.82) is 0 Å². The number of hydrogen-bond donors (Lipinski definition) is 1. The Morgan fingerprint density at radius 2 is 1.84 bits per heavy atom. The van der Waals surface area contributed by atoms with Crippen LogP contribution in [0.3, 0.4) is 0 Å². The zero-order valence-corrected chi connectivity index (χ0v) is 19.6. The molecule has 2 aromatic rings. The van der Waals surface area contributed by atoms with Crippen LogP contribution >= 0.6 is 11.3 Å². The summed E-state index contributed by atoms with van der Waals surface area (Å²) >= 11 is 1.22. The first-order valence-corrected chi connectivity index (χ1v) is 13.4. The van der Waals surface area contributed by atoms with Gasteiger partial charge in [-0.05, 0) is 73.8 Å². The van der Waals surface area contributed by atoms with Gasteiger partial charge in [0.25, 0.3) is 10.0 Å². The highest BCUT2D eigenvalue weighted by Gasteiger charge is 2.33. The standard InChI is InChI=1S/C23H31N3O3S2/c1-18-10-13-25(14-11-18)16-19-6-8-21(9-7-19)24-23(27)20-4-2-12-26(17-20)31(28,29)22-5-3-15-30-22/h3,5-9,15,18,20H,2,4,10-14,16-17H2,1H3,(H,24,27). The van der Waals surface area contributed by atoms with Crippen molar-refractivity contribution in [3.05, 3.63) is 47.3 Å². The number of amides is 1. The largest absolute Gasteiger partial charge is 0.326 e. The number of sulfonamides is 1. The van der Waals surface area contributed by atoms with E-state index in [1.54, 1.807) is 17.5 Å². The number of nitrogens with zero attached hydrogens (tertiary/aromatic N) is 2. The molecule has 1 aromatic heterocycles. The maximum atomic E-state index is 12.8. The van der Waals surface area contributed by atoms with Crippen molar-refractivity contribution in [2.45, 2.75) is 43.4 Å². The van der Waals surface area contributed by atoms with Gasteiger partial charge in [-0.2, -0.15) is 4.31 Å². The van der Waals surface area contributed by atoms with Crippen molar-refractivity contribution in [1.82, 2.24) is 9.21 Å². The molecule has 2 aliphatic heterocycles. The number of thiophene rings is 1. The Labute approximate surface area is 189 Å². The Kier molecular flexibility index (Phi) is 7.11. The molecule has 1 unspecified atom stereocenters. The molecule has 2 aliphatic rings.